The van der Waals surface area contributed by atoms with Gasteiger partial charge in [-0.05, 0) is 45.2 Å². The lowest BCUT2D eigenvalue weighted by Gasteiger charge is -2.43. The molecule has 0 saturated carbocycles. The van der Waals surface area contributed by atoms with E-state index in [0.29, 0.717) is 45.1 Å². The number of unbranched alkanes of at least 4 members (excludes halogenated alkanes) is 1. The van der Waals surface area contributed by atoms with Crippen LogP contribution in [0.5, 0.6) is 0 Å². The summed E-state index contributed by atoms with van der Waals surface area (Å²) in [5.41, 5.74) is 1.92. The van der Waals surface area contributed by atoms with Gasteiger partial charge >= 0.3 is 0 Å². The van der Waals surface area contributed by atoms with Crippen LogP contribution in [0.25, 0.3) is 11.0 Å². The van der Waals surface area contributed by atoms with E-state index in [1.807, 2.05) is 23.1 Å². The van der Waals surface area contributed by atoms with E-state index in [1.165, 1.54) is 0 Å². The van der Waals surface area contributed by atoms with Crippen molar-refractivity contribution in [2.75, 3.05) is 53.1 Å². The number of benzene rings is 1. The molecule has 0 aliphatic carbocycles. The lowest BCUT2D eigenvalue weighted by molar-refractivity contribution is -0.142. The topological polar surface area (TPSA) is 92.1 Å². The lowest BCUT2D eigenvalue weighted by Crippen LogP contribution is -2.56. The molecule has 1 aromatic heterocycles. The number of piperidine rings is 1. The van der Waals surface area contributed by atoms with Crippen LogP contribution in [0.1, 0.15) is 45.2 Å². The van der Waals surface area contributed by atoms with Crippen LogP contribution in [0.2, 0.25) is 0 Å². The zero-order valence-corrected chi connectivity index (χ0v) is 21.4. The summed E-state index contributed by atoms with van der Waals surface area (Å²) < 4.78 is 12.8. The van der Waals surface area contributed by atoms with E-state index in [9.17, 15) is 9.90 Å². The maximum Gasteiger partial charge on any atom is 0.227 e. The quantitative estimate of drug-likeness (QED) is 0.391. The number of fused-ring (bicyclic) bond motifs is 1. The van der Waals surface area contributed by atoms with Gasteiger partial charge in [0.25, 0.3) is 0 Å². The van der Waals surface area contributed by atoms with Crippen molar-refractivity contribution < 1.29 is 19.4 Å². The number of para-hydroxylation sites is 2. The highest BCUT2D eigenvalue weighted by atomic mass is 16.5. The number of amides is 1. The Balaban J connectivity index is 1.55. The van der Waals surface area contributed by atoms with Gasteiger partial charge in [-0.25, -0.2) is 4.98 Å². The summed E-state index contributed by atoms with van der Waals surface area (Å²) in [5.74, 6) is 0.751. The maximum absolute atomic E-state index is 13.2. The average molecular weight is 488 g/mol. The number of methoxy groups -OCH3 is 1. The van der Waals surface area contributed by atoms with Crippen molar-refractivity contribution in [3.05, 3.63) is 30.1 Å². The van der Waals surface area contributed by atoms with E-state index in [1.54, 1.807) is 7.11 Å². The lowest BCUT2D eigenvalue weighted by atomic mass is 9.92. The first-order chi connectivity index (χ1) is 17.0. The Labute approximate surface area is 208 Å². The zero-order chi connectivity index (χ0) is 24.8. The Morgan fingerprint density at radius 3 is 2.77 bits per heavy atom. The number of aryl methyl sites for hydroxylation is 1. The molecular formula is C26H41N5O4. The summed E-state index contributed by atoms with van der Waals surface area (Å²) in [6.07, 6.45) is 1.74. The summed E-state index contributed by atoms with van der Waals surface area (Å²) >= 11 is 0. The van der Waals surface area contributed by atoms with Crippen LogP contribution in [0.3, 0.4) is 0 Å². The Kier molecular flexibility index (Phi) is 9.13. The van der Waals surface area contributed by atoms with Crippen LogP contribution >= 0.6 is 0 Å². The van der Waals surface area contributed by atoms with Crippen LogP contribution < -0.4 is 5.32 Å². The van der Waals surface area contributed by atoms with Gasteiger partial charge in [0.15, 0.2) is 12.1 Å². The number of hydrogen-bond acceptors (Lipinski definition) is 7. The molecular weight excluding hydrogens is 446 g/mol. The van der Waals surface area contributed by atoms with Crippen LogP contribution in [0.15, 0.2) is 24.3 Å². The third-order valence-corrected chi connectivity index (χ3v) is 7.19. The highest BCUT2D eigenvalue weighted by Crippen LogP contribution is 2.30. The van der Waals surface area contributed by atoms with Gasteiger partial charge in [-0.3, -0.25) is 9.69 Å². The minimum atomic E-state index is -0.867. The molecule has 2 aliphatic heterocycles. The molecule has 2 aliphatic rings. The third-order valence-electron chi connectivity index (χ3n) is 7.19. The number of imidazole rings is 1. The summed E-state index contributed by atoms with van der Waals surface area (Å²) in [6, 6.07) is 8.16. The molecule has 1 unspecified atom stereocenters. The largest absolute Gasteiger partial charge is 0.385 e. The number of carbonyl (C=O) groups excluding carboxylic acids is 1. The Hall–Kier alpha value is -2.04. The van der Waals surface area contributed by atoms with E-state index >= 15 is 0 Å². The third kappa shape index (κ3) is 6.03. The minimum absolute atomic E-state index is 0.0236. The molecule has 2 aromatic rings. The second kappa shape index (κ2) is 12.3. The number of morpholine rings is 1. The van der Waals surface area contributed by atoms with Crippen molar-refractivity contribution in [2.45, 2.75) is 58.0 Å². The molecule has 4 rings (SSSR count). The molecule has 194 valence electrons. The highest BCUT2D eigenvalue weighted by Gasteiger charge is 2.38. The second-order valence-electron chi connectivity index (χ2n) is 9.91. The molecule has 35 heavy (non-hydrogen) atoms. The van der Waals surface area contributed by atoms with Crippen LogP contribution in [-0.2, 0) is 20.8 Å². The van der Waals surface area contributed by atoms with Gasteiger partial charge < -0.3 is 29.4 Å². The number of rotatable bonds is 10. The summed E-state index contributed by atoms with van der Waals surface area (Å²) in [4.78, 5) is 22.1. The van der Waals surface area contributed by atoms with Crippen molar-refractivity contribution in [1.82, 2.24) is 24.7 Å². The predicted octanol–water partition coefficient (Wildman–Crippen LogP) is 2.00. The normalized spacial score (nSPS) is 22.3. The van der Waals surface area contributed by atoms with Gasteiger partial charge in [-0.2, -0.15) is 0 Å². The van der Waals surface area contributed by atoms with Crippen LogP contribution in [0.4, 0.5) is 0 Å². The van der Waals surface area contributed by atoms with Gasteiger partial charge in [0.2, 0.25) is 5.91 Å². The fraction of sp³-hybridized carbons (Fsp3) is 0.692. The van der Waals surface area contributed by atoms with Gasteiger partial charge in [-0.15, -0.1) is 0 Å². The zero-order valence-electron chi connectivity index (χ0n) is 21.4. The Bertz CT molecular complexity index is 958. The number of nitrogens with one attached hydrogen (secondary N) is 1. The smallest absolute Gasteiger partial charge is 0.227 e. The summed E-state index contributed by atoms with van der Waals surface area (Å²) in [6.45, 7) is 9.61. The number of aliphatic hydroxyl groups excluding tert-OH is 1. The standard InChI is InChI=1S/C26H41N5O4/c1-19(2)31(21-16-20(17-27-18-21)25(32)29-11-14-35-15-12-29)26(33)24-28-22-8-4-5-9-23(22)30(24)10-6-7-13-34-3/h4-5,8-9,19-21,26-27,33H,6-7,10-18H2,1-3H3/t20-,21+,26?/m1/s1. The highest BCUT2D eigenvalue weighted by molar-refractivity contribution is 5.79. The average Bonchev–Trinajstić information content (AvgIpc) is 3.25. The molecule has 0 radical (unpaired) electrons. The van der Waals surface area contributed by atoms with E-state index in [2.05, 4.69) is 34.7 Å². The molecule has 1 amide bonds. The second-order valence-corrected chi connectivity index (χ2v) is 9.91. The Morgan fingerprint density at radius 2 is 2.03 bits per heavy atom. The maximum atomic E-state index is 13.2. The summed E-state index contributed by atoms with van der Waals surface area (Å²) in [7, 11) is 1.72. The van der Waals surface area contributed by atoms with Gasteiger partial charge in [0.1, 0.15) is 0 Å². The first-order valence-corrected chi connectivity index (χ1v) is 13.0. The van der Waals surface area contributed by atoms with Crippen molar-refractivity contribution >= 4 is 16.9 Å². The van der Waals surface area contributed by atoms with E-state index in [4.69, 9.17) is 14.5 Å². The van der Waals surface area contributed by atoms with Crippen molar-refractivity contribution in [3.63, 3.8) is 0 Å². The van der Waals surface area contributed by atoms with Crippen LogP contribution in [-0.4, -0.2) is 95.6 Å². The van der Waals surface area contributed by atoms with E-state index < -0.39 is 6.23 Å². The number of aliphatic hydroxyl groups is 1. The molecule has 0 spiro atoms. The van der Waals surface area contributed by atoms with Crippen molar-refractivity contribution in [2.24, 2.45) is 5.92 Å². The molecule has 9 nitrogen and oxygen atoms in total. The molecule has 2 saturated heterocycles. The number of aromatic nitrogens is 2. The first-order valence-electron chi connectivity index (χ1n) is 13.0. The summed E-state index contributed by atoms with van der Waals surface area (Å²) in [5, 5.41) is 15.2. The molecule has 9 heteroatoms. The predicted molar refractivity (Wildman–Crippen MR) is 135 cm³/mol. The van der Waals surface area contributed by atoms with Gasteiger partial charge in [-0.1, -0.05) is 12.1 Å². The molecule has 2 fully saturated rings. The number of hydrogen-bond donors (Lipinski definition) is 2. The van der Waals surface area contributed by atoms with Crippen molar-refractivity contribution in [1.29, 1.82) is 0 Å². The monoisotopic (exact) mass is 487 g/mol. The Morgan fingerprint density at radius 1 is 1.26 bits per heavy atom. The fourth-order valence-corrected chi connectivity index (χ4v) is 5.46. The van der Waals surface area contributed by atoms with Crippen LogP contribution in [0, 0.1) is 5.92 Å². The molecule has 3 atom stereocenters. The molecule has 2 N–H and O–H groups in total. The van der Waals surface area contributed by atoms with Gasteiger partial charge in [0, 0.05) is 58.5 Å². The number of carbonyl (C=O) groups is 1. The molecule has 3 heterocycles. The fourth-order valence-electron chi connectivity index (χ4n) is 5.46. The van der Waals surface area contributed by atoms with Gasteiger partial charge in [0.05, 0.1) is 30.2 Å². The first kappa shape index (κ1) is 26.0. The van der Waals surface area contributed by atoms with E-state index in [-0.39, 0.29) is 23.9 Å². The van der Waals surface area contributed by atoms with E-state index in [0.717, 1.165) is 43.6 Å². The molecule has 1 aromatic carbocycles. The number of nitrogens with zero attached hydrogens (tertiary/aromatic N) is 4. The molecule has 0 bridgehead atoms. The SMILES string of the molecule is COCCCCn1c(C(O)N(C(C)C)[C@@H]2CNC[C@H](C(=O)N3CCOCC3)C2)nc2ccccc21. The number of ether oxygens (including phenoxy) is 2. The minimum Gasteiger partial charge on any atom is -0.385 e. The van der Waals surface area contributed by atoms with Crippen molar-refractivity contribution in [3.8, 4) is 0 Å².